The fourth-order valence-electron chi connectivity index (χ4n) is 8.55. The lowest BCUT2D eigenvalue weighted by Crippen LogP contribution is -2.72. The number of rotatable bonds is 6. The van der Waals surface area contributed by atoms with Gasteiger partial charge in [-0.3, -0.25) is 30.1 Å². The Labute approximate surface area is 411 Å². The Morgan fingerprint density at radius 1 is 0.275 bits per heavy atom. The molecule has 3 aliphatic heterocycles. The molecule has 0 aromatic heterocycles. The van der Waals surface area contributed by atoms with Gasteiger partial charge in [-0.05, 0) is 193 Å². The molecule has 0 radical (unpaired) electrons. The first-order valence-corrected chi connectivity index (χ1v) is 24.2. The zero-order valence-corrected chi connectivity index (χ0v) is 44.3. The molecule has 6 N–H and O–H groups in total. The molecule has 15 heteroatoms. The molecule has 0 spiro atoms. The van der Waals surface area contributed by atoms with Crippen LogP contribution in [0.2, 0.25) is 0 Å². The van der Waals surface area contributed by atoms with Crippen LogP contribution in [0, 0.1) is 0 Å². The van der Waals surface area contributed by atoms with E-state index in [1.54, 1.807) is 30.1 Å². The summed E-state index contributed by atoms with van der Waals surface area (Å²) in [5, 5.41) is 10.3. The highest BCUT2D eigenvalue weighted by molar-refractivity contribution is 5.82. The number of benzene rings is 4. The number of carbonyl (C=O) groups excluding carboxylic acids is 3. The van der Waals surface area contributed by atoms with Gasteiger partial charge in [0.15, 0.2) is 0 Å². The summed E-state index contributed by atoms with van der Waals surface area (Å²) in [6.45, 7) is 36.4. The van der Waals surface area contributed by atoms with E-state index in [-0.39, 0.29) is 36.6 Å². The van der Waals surface area contributed by atoms with Gasteiger partial charge in [0, 0.05) is 0 Å². The third kappa shape index (κ3) is 10.9. The zero-order valence-electron chi connectivity index (χ0n) is 44.3. The van der Waals surface area contributed by atoms with Crippen molar-refractivity contribution in [3.8, 4) is 33.4 Å². The quantitative estimate of drug-likeness (QED) is 0.111. The molecule has 3 aliphatic rings. The lowest BCUT2D eigenvalue weighted by atomic mass is 9.92. The normalized spacial score (nSPS) is 18.3. The molecule has 0 aliphatic carbocycles. The van der Waals surface area contributed by atoms with E-state index >= 15 is 0 Å². The van der Waals surface area contributed by atoms with Gasteiger partial charge in [0.2, 0.25) is 0 Å². The molecule has 0 unspecified atom stereocenters. The van der Waals surface area contributed by atoms with Gasteiger partial charge < -0.3 is 0 Å². The van der Waals surface area contributed by atoms with Crippen molar-refractivity contribution in [2.75, 3.05) is 0 Å². The van der Waals surface area contributed by atoms with Crippen LogP contribution in [0.3, 0.4) is 0 Å². The Morgan fingerprint density at radius 2 is 0.435 bits per heavy atom. The largest absolute Gasteiger partial charge is 0.349 e. The Morgan fingerprint density at radius 3 is 0.580 bits per heavy atom. The van der Waals surface area contributed by atoms with Gasteiger partial charge in [0.05, 0.1) is 33.2 Å². The van der Waals surface area contributed by atoms with E-state index in [0.29, 0.717) is 0 Å². The molecule has 372 valence electrons. The minimum Gasteiger partial charge on any atom is -0.251 e. The number of amides is 6. The molecule has 0 bridgehead atoms. The lowest BCUT2D eigenvalue weighted by Gasteiger charge is -2.50. The van der Waals surface area contributed by atoms with E-state index in [1.165, 1.54) is 0 Å². The highest BCUT2D eigenvalue weighted by Crippen LogP contribution is 2.37. The number of nitrogens with zero attached hydrogens (tertiary/aromatic N) is 6. The average Bonchev–Trinajstić information content (AvgIpc) is 3.24. The molecule has 4 aromatic rings. The molecular weight excluding hydrogens is 865 g/mol. The van der Waals surface area contributed by atoms with Crippen LogP contribution in [0.25, 0.3) is 33.4 Å². The van der Waals surface area contributed by atoms with E-state index in [9.17, 15) is 14.4 Å². The summed E-state index contributed by atoms with van der Waals surface area (Å²) in [6, 6.07) is 31.8. The van der Waals surface area contributed by atoms with Crippen molar-refractivity contribution >= 4 is 18.1 Å². The second-order valence-corrected chi connectivity index (χ2v) is 24.6. The number of hydrogen-bond donors (Lipinski definition) is 6. The van der Waals surface area contributed by atoms with Gasteiger partial charge in [-0.25, -0.2) is 46.9 Å². The molecule has 6 amide bonds. The maximum absolute atomic E-state index is 13.6. The van der Waals surface area contributed by atoms with Crippen molar-refractivity contribution < 1.29 is 14.4 Å². The molecular formula is C54H78N12O3. The molecule has 69 heavy (non-hydrogen) atoms. The summed E-state index contributed by atoms with van der Waals surface area (Å²) in [4.78, 5) is 40.9. The highest BCUT2D eigenvalue weighted by Gasteiger charge is 2.45. The predicted molar refractivity (Wildman–Crippen MR) is 276 cm³/mol. The predicted octanol–water partition coefficient (Wildman–Crippen LogP) is 10.7. The second-order valence-electron chi connectivity index (χ2n) is 24.6. The monoisotopic (exact) mass is 943 g/mol. The van der Waals surface area contributed by atoms with Crippen molar-refractivity contribution in [1.82, 2.24) is 62.6 Å². The molecule has 15 nitrogen and oxygen atoms in total. The average molecular weight is 943 g/mol. The first-order valence-electron chi connectivity index (χ1n) is 24.2. The summed E-state index contributed by atoms with van der Waals surface area (Å²) in [6.07, 6.45) is -1.03. The topological polar surface area (TPSA) is 143 Å². The Bertz CT molecular complexity index is 2150. The molecule has 3 heterocycles. The molecule has 3 saturated heterocycles. The van der Waals surface area contributed by atoms with Crippen LogP contribution in [0.4, 0.5) is 14.4 Å². The van der Waals surface area contributed by atoms with Crippen LogP contribution in [-0.2, 0) is 0 Å². The van der Waals surface area contributed by atoms with Crippen LogP contribution in [0.15, 0.2) is 91.0 Å². The fourth-order valence-corrected chi connectivity index (χ4v) is 8.55. The maximum Gasteiger partial charge on any atom is 0.349 e. The van der Waals surface area contributed by atoms with Gasteiger partial charge in [-0.1, -0.05) is 72.8 Å². The fraction of sp³-hybridized carbons (Fsp3) is 0.500. The van der Waals surface area contributed by atoms with Crippen LogP contribution in [0.5, 0.6) is 0 Å². The number of carbonyl (C=O) groups is 3. The second kappa shape index (κ2) is 18.0. The molecule has 0 atom stereocenters. The van der Waals surface area contributed by atoms with Gasteiger partial charge in [0.25, 0.3) is 0 Å². The van der Waals surface area contributed by atoms with Crippen LogP contribution in [0.1, 0.15) is 160 Å². The van der Waals surface area contributed by atoms with Crippen molar-refractivity contribution in [2.24, 2.45) is 0 Å². The van der Waals surface area contributed by atoms with Crippen molar-refractivity contribution in [3.05, 3.63) is 108 Å². The van der Waals surface area contributed by atoms with Crippen molar-refractivity contribution in [1.29, 1.82) is 0 Å². The lowest BCUT2D eigenvalue weighted by molar-refractivity contribution is -0.0418. The third-order valence-corrected chi connectivity index (χ3v) is 12.4. The highest BCUT2D eigenvalue weighted by atomic mass is 16.2. The van der Waals surface area contributed by atoms with Crippen LogP contribution in [-0.4, -0.2) is 81.4 Å². The van der Waals surface area contributed by atoms with E-state index in [4.69, 9.17) is 0 Å². The van der Waals surface area contributed by atoms with Gasteiger partial charge in [-0.15, -0.1) is 0 Å². The van der Waals surface area contributed by atoms with Gasteiger partial charge >= 0.3 is 18.1 Å². The molecule has 4 aromatic carbocycles. The standard InChI is InChI=1S/C54H78N12O3/c1-49(2,3)61-46(67)62(50(4,5)6)56-43(55-61)37-25-19-34(20-26-37)40-31-41(35-21-27-38(28-22-35)44-57-63(51(7,8)9)47(68)64(58-44)52(10,11)12)33-42(32-40)36-23-29-39(30-24-36)45-59-65(53(13,14)15)48(69)66(60-45)54(16,17)18/h19-33,43-45,55-60H,1-18H3. The molecule has 0 saturated carbocycles. The number of urea groups is 3. The molecule has 7 rings (SSSR count). The summed E-state index contributed by atoms with van der Waals surface area (Å²) >= 11 is 0. The summed E-state index contributed by atoms with van der Waals surface area (Å²) in [5.41, 5.74) is 27.1. The number of hydrazine groups is 6. The van der Waals surface area contributed by atoms with Crippen molar-refractivity contribution in [3.63, 3.8) is 0 Å². The van der Waals surface area contributed by atoms with Crippen molar-refractivity contribution in [2.45, 2.75) is 176 Å². The minimum absolute atomic E-state index is 0.131. The minimum atomic E-state index is -0.460. The van der Waals surface area contributed by atoms with E-state index in [1.807, 2.05) is 125 Å². The summed E-state index contributed by atoms with van der Waals surface area (Å²) in [7, 11) is 0. The van der Waals surface area contributed by atoms with Gasteiger partial charge in [0.1, 0.15) is 18.5 Å². The Hall–Kier alpha value is -5.55. The SMILES string of the molecule is CC(C)(C)N1NC(c2ccc(-c3cc(-c4ccc(C5NN(C(C)(C)C)C(=O)N(C(C)(C)C)N5)cc4)cc(-c4ccc(C5NN(C(C)(C)C)C(=O)N(C(C)(C)C)N5)cc4)c3)cc2)NN(C(C)(C)C)C1=O. The maximum atomic E-state index is 13.6. The number of nitrogens with one attached hydrogen (secondary N) is 6. The van der Waals surface area contributed by atoms with E-state index < -0.39 is 33.2 Å². The van der Waals surface area contributed by atoms with Crippen LogP contribution < -0.4 is 32.6 Å². The van der Waals surface area contributed by atoms with Gasteiger partial charge in [-0.2, -0.15) is 0 Å². The van der Waals surface area contributed by atoms with Crippen LogP contribution >= 0.6 is 0 Å². The summed E-state index contributed by atoms with van der Waals surface area (Å²) in [5.74, 6) is 0. The Balaban J connectivity index is 1.25. The first-order chi connectivity index (χ1) is 31.7. The zero-order chi connectivity index (χ0) is 51.0. The number of hydrogen-bond acceptors (Lipinski definition) is 9. The summed E-state index contributed by atoms with van der Waals surface area (Å²) < 4.78 is 0. The smallest absolute Gasteiger partial charge is 0.251 e. The van der Waals surface area contributed by atoms with E-state index in [2.05, 4.69) is 124 Å². The third-order valence-electron chi connectivity index (χ3n) is 12.4. The molecule has 3 fully saturated rings. The first kappa shape index (κ1) is 51.3. The van der Waals surface area contributed by atoms with E-state index in [0.717, 1.165) is 50.1 Å². The Kier molecular flexibility index (Phi) is 13.4.